The maximum atomic E-state index is 13.8. The number of hydrogen-bond acceptors (Lipinski definition) is 7. The molecule has 1 aromatic carbocycles. The Hall–Kier alpha value is -2.32. The molecule has 6 nitrogen and oxygen atoms in total. The number of fused-ring (bicyclic) bond motifs is 3. The van der Waals surface area contributed by atoms with Gasteiger partial charge in [0.15, 0.2) is 5.16 Å². The predicted octanol–water partition coefficient (Wildman–Crippen LogP) is 5.41. The number of methoxy groups -OCH3 is 1. The van der Waals surface area contributed by atoms with Crippen LogP contribution in [0.2, 0.25) is 0 Å². The Morgan fingerprint density at radius 2 is 2.06 bits per heavy atom. The molecule has 0 radical (unpaired) electrons. The molecule has 0 saturated carbocycles. The van der Waals surface area contributed by atoms with Gasteiger partial charge in [0.2, 0.25) is 0 Å². The topological polar surface area (TPSA) is 70.4 Å². The van der Waals surface area contributed by atoms with Crippen LogP contribution in [0.5, 0.6) is 5.75 Å². The van der Waals surface area contributed by atoms with Crippen LogP contribution in [0.25, 0.3) is 15.9 Å². The second kappa shape index (κ2) is 10.7. The maximum Gasteiger partial charge on any atom is 0.316 e. The van der Waals surface area contributed by atoms with E-state index in [1.807, 2.05) is 24.3 Å². The summed E-state index contributed by atoms with van der Waals surface area (Å²) in [5, 5.41) is 1.24. The van der Waals surface area contributed by atoms with Crippen LogP contribution in [-0.4, -0.2) is 35.0 Å². The van der Waals surface area contributed by atoms with E-state index >= 15 is 0 Å². The van der Waals surface area contributed by atoms with Crippen LogP contribution < -0.4 is 10.3 Å². The summed E-state index contributed by atoms with van der Waals surface area (Å²) >= 11 is 2.87. The van der Waals surface area contributed by atoms with Crippen molar-refractivity contribution >= 4 is 39.3 Å². The van der Waals surface area contributed by atoms with Crippen molar-refractivity contribution in [2.24, 2.45) is 5.92 Å². The fourth-order valence-corrected chi connectivity index (χ4v) is 6.36. The first-order valence-corrected chi connectivity index (χ1v) is 13.3. The van der Waals surface area contributed by atoms with Gasteiger partial charge in [-0.2, -0.15) is 0 Å². The zero-order valence-corrected chi connectivity index (χ0v) is 21.0. The number of thioether (sulfide) groups is 1. The molecule has 0 fully saturated rings. The highest BCUT2D eigenvalue weighted by molar-refractivity contribution is 7.99. The Labute approximate surface area is 202 Å². The number of carbonyl (C=O) groups excluding carboxylic acids is 1. The molecule has 2 aromatic heterocycles. The Morgan fingerprint density at radius 3 is 2.79 bits per heavy atom. The Bertz CT molecular complexity index is 1180. The number of aromatic nitrogens is 2. The molecule has 33 heavy (non-hydrogen) atoms. The Kier molecular flexibility index (Phi) is 7.75. The molecule has 0 N–H and O–H groups in total. The third-order valence-electron chi connectivity index (χ3n) is 5.96. The summed E-state index contributed by atoms with van der Waals surface area (Å²) in [6.07, 6.45) is 5.97. The zero-order chi connectivity index (χ0) is 23.4. The van der Waals surface area contributed by atoms with Gasteiger partial charge in [0.1, 0.15) is 10.6 Å². The van der Waals surface area contributed by atoms with Crippen molar-refractivity contribution in [3.8, 4) is 11.4 Å². The quantitative estimate of drug-likeness (QED) is 0.174. The summed E-state index contributed by atoms with van der Waals surface area (Å²) in [5.74, 6) is 1.16. The first kappa shape index (κ1) is 23.8. The molecule has 176 valence electrons. The lowest BCUT2D eigenvalue weighted by atomic mass is 9.89. The van der Waals surface area contributed by atoms with Crippen molar-refractivity contribution in [1.29, 1.82) is 0 Å². The fraction of sp³-hybridized carbons (Fsp3) is 0.480. The highest BCUT2D eigenvalue weighted by atomic mass is 32.2. The molecule has 0 saturated heterocycles. The smallest absolute Gasteiger partial charge is 0.316 e. The van der Waals surface area contributed by atoms with E-state index in [9.17, 15) is 9.59 Å². The van der Waals surface area contributed by atoms with Crippen molar-refractivity contribution in [1.82, 2.24) is 9.55 Å². The normalized spacial score (nSPS) is 15.4. The maximum absolute atomic E-state index is 13.8. The van der Waals surface area contributed by atoms with Gasteiger partial charge in [-0.25, -0.2) is 4.98 Å². The van der Waals surface area contributed by atoms with Gasteiger partial charge >= 0.3 is 5.97 Å². The first-order chi connectivity index (χ1) is 16.0. The van der Waals surface area contributed by atoms with E-state index in [0.29, 0.717) is 29.1 Å². The van der Waals surface area contributed by atoms with E-state index in [2.05, 4.69) is 13.8 Å². The monoisotopic (exact) mass is 486 g/mol. The van der Waals surface area contributed by atoms with E-state index in [4.69, 9.17) is 14.5 Å². The number of carbonyl (C=O) groups is 1. The Morgan fingerprint density at radius 1 is 1.27 bits per heavy atom. The molecule has 4 rings (SSSR count). The molecule has 0 unspecified atom stereocenters. The average molecular weight is 487 g/mol. The fourth-order valence-electron chi connectivity index (χ4n) is 4.13. The van der Waals surface area contributed by atoms with Crippen LogP contribution in [0.15, 0.2) is 34.2 Å². The number of rotatable bonds is 9. The van der Waals surface area contributed by atoms with Gasteiger partial charge in [-0.05, 0) is 61.4 Å². The summed E-state index contributed by atoms with van der Waals surface area (Å²) in [5.41, 5.74) is 1.79. The number of benzene rings is 1. The molecule has 1 aliphatic rings. The molecule has 0 spiro atoms. The molecular weight excluding hydrogens is 456 g/mol. The molecule has 0 amide bonds. The first-order valence-electron chi connectivity index (χ1n) is 11.5. The van der Waals surface area contributed by atoms with Crippen molar-refractivity contribution in [2.75, 3.05) is 19.5 Å². The number of nitrogens with zero attached hydrogens (tertiary/aromatic N) is 2. The summed E-state index contributed by atoms with van der Waals surface area (Å²) in [4.78, 5) is 33.0. The van der Waals surface area contributed by atoms with Gasteiger partial charge in [0.25, 0.3) is 5.56 Å². The number of esters is 1. The zero-order valence-electron chi connectivity index (χ0n) is 19.4. The minimum atomic E-state index is -0.286. The predicted molar refractivity (Wildman–Crippen MR) is 134 cm³/mol. The lowest BCUT2D eigenvalue weighted by Crippen LogP contribution is -2.23. The van der Waals surface area contributed by atoms with Crippen LogP contribution in [0, 0.1) is 5.92 Å². The van der Waals surface area contributed by atoms with Crippen LogP contribution >= 0.6 is 23.1 Å². The third kappa shape index (κ3) is 5.27. The van der Waals surface area contributed by atoms with Crippen molar-refractivity contribution in [3.05, 3.63) is 45.1 Å². The van der Waals surface area contributed by atoms with E-state index in [1.54, 1.807) is 23.0 Å². The minimum absolute atomic E-state index is 0.0731. The summed E-state index contributed by atoms with van der Waals surface area (Å²) < 4.78 is 12.2. The largest absolute Gasteiger partial charge is 0.497 e. The molecule has 8 heteroatoms. The number of thiophene rings is 1. The summed E-state index contributed by atoms with van der Waals surface area (Å²) in [6, 6.07) is 7.35. The van der Waals surface area contributed by atoms with E-state index < -0.39 is 0 Å². The van der Waals surface area contributed by atoms with Crippen molar-refractivity contribution in [2.45, 2.75) is 57.5 Å². The molecule has 1 atom stereocenters. The summed E-state index contributed by atoms with van der Waals surface area (Å²) in [7, 11) is 1.61. The van der Waals surface area contributed by atoms with Gasteiger partial charge in [-0.15, -0.1) is 11.3 Å². The van der Waals surface area contributed by atoms with Crippen LogP contribution in [0.4, 0.5) is 0 Å². The summed E-state index contributed by atoms with van der Waals surface area (Å²) in [6.45, 7) is 4.80. The van der Waals surface area contributed by atoms with Gasteiger partial charge < -0.3 is 9.47 Å². The molecule has 1 aliphatic carbocycles. The standard InChI is InChI=1S/C25H30N2O4S2/c1-4-5-6-13-31-21(28)15-32-25-26-23-22(19-12-7-16(2)14-20(19)33-23)24(29)27(25)17-8-10-18(30-3)11-9-17/h8-11,16H,4-7,12-15H2,1-3H3/t16-/m0/s1. The highest BCUT2D eigenvalue weighted by Crippen LogP contribution is 2.37. The van der Waals surface area contributed by atoms with Gasteiger partial charge in [0, 0.05) is 4.88 Å². The lowest BCUT2D eigenvalue weighted by Gasteiger charge is -2.18. The second-order valence-corrected chi connectivity index (χ2v) is 10.5. The SMILES string of the molecule is CCCCCOC(=O)CSc1nc2sc3c(c2c(=O)n1-c1ccc(OC)cc1)CC[C@H](C)C3. The molecule has 0 aliphatic heterocycles. The van der Waals surface area contributed by atoms with Crippen LogP contribution in [0.3, 0.4) is 0 Å². The molecular formula is C25H30N2O4S2. The Balaban J connectivity index is 1.70. The average Bonchev–Trinajstić information content (AvgIpc) is 3.18. The van der Waals surface area contributed by atoms with Gasteiger partial charge in [0.05, 0.1) is 30.5 Å². The van der Waals surface area contributed by atoms with Gasteiger partial charge in [-0.3, -0.25) is 14.2 Å². The lowest BCUT2D eigenvalue weighted by molar-refractivity contribution is -0.140. The number of ether oxygens (including phenoxy) is 2. The molecule has 2 heterocycles. The van der Waals surface area contributed by atoms with E-state index in [-0.39, 0.29) is 17.3 Å². The van der Waals surface area contributed by atoms with E-state index in [1.165, 1.54) is 16.6 Å². The molecule has 3 aromatic rings. The van der Waals surface area contributed by atoms with Gasteiger partial charge in [-0.1, -0.05) is 38.5 Å². The third-order valence-corrected chi connectivity index (χ3v) is 8.02. The minimum Gasteiger partial charge on any atom is -0.497 e. The second-order valence-electron chi connectivity index (χ2n) is 8.48. The van der Waals surface area contributed by atoms with E-state index in [0.717, 1.165) is 54.3 Å². The number of aryl methyl sites for hydroxylation is 1. The highest BCUT2D eigenvalue weighted by Gasteiger charge is 2.25. The van der Waals surface area contributed by atoms with Crippen molar-refractivity contribution < 1.29 is 14.3 Å². The number of unbranched alkanes of at least 4 members (excludes halogenated alkanes) is 2. The van der Waals surface area contributed by atoms with Crippen LogP contribution in [-0.2, 0) is 22.4 Å². The number of hydrogen-bond donors (Lipinski definition) is 0. The van der Waals surface area contributed by atoms with Crippen molar-refractivity contribution in [3.63, 3.8) is 0 Å². The molecule has 0 bridgehead atoms. The van der Waals surface area contributed by atoms with Crippen LogP contribution in [0.1, 0.15) is 50.0 Å².